The number of aryl methyl sites for hydroxylation is 2. The van der Waals surface area contributed by atoms with Gasteiger partial charge in [0, 0.05) is 25.6 Å². The first-order valence-corrected chi connectivity index (χ1v) is 7.29. The second-order valence-corrected chi connectivity index (χ2v) is 5.90. The van der Waals surface area contributed by atoms with Crippen LogP contribution in [0.1, 0.15) is 24.0 Å². The van der Waals surface area contributed by atoms with E-state index >= 15 is 0 Å². The summed E-state index contributed by atoms with van der Waals surface area (Å²) in [6.45, 7) is 5.10. The van der Waals surface area contributed by atoms with Crippen molar-refractivity contribution in [3.63, 3.8) is 0 Å². The highest BCUT2D eigenvalue weighted by molar-refractivity contribution is 5.77. The molecule has 0 aromatic heterocycles. The number of carbonyl (C=O) groups excluding carboxylic acids is 1. The average Bonchev–Trinajstić information content (AvgIpc) is 2.96. The maximum atomic E-state index is 12.2. The molecule has 0 saturated carbocycles. The van der Waals surface area contributed by atoms with E-state index in [-0.39, 0.29) is 0 Å². The van der Waals surface area contributed by atoms with Crippen LogP contribution in [0.15, 0.2) is 24.3 Å². The van der Waals surface area contributed by atoms with Gasteiger partial charge in [-0.05, 0) is 37.8 Å². The van der Waals surface area contributed by atoms with Crippen LogP contribution < -0.4 is 5.32 Å². The van der Waals surface area contributed by atoms with E-state index in [0.29, 0.717) is 24.3 Å². The molecule has 0 spiro atoms. The summed E-state index contributed by atoms with van der Waals surface area (Å²) in [5.74, 6) is 1.01. The fraction of sp³-hybridized carbons (Fsp3) is 0.562. The Morgan fingerprint density at radius 2 is 2.32 bits per heavy atom. The molecular weight excluding hydrogens is 236 g/mol. The molecular formula is C16H22N2O. The largest absolute Gasteiger partial charge is 0.341 e. The maximum absolute atomic E-state index is 12.2. The number of rotatable bonds is 3. The highest BCUT2D eigenvalue weighted by atomic mass is 16.2. The molecule has 0 aliphatic carbocycles. The number of carbonyl (C=O) groups is 1. The van der Waals surface area contributed by atoms with Crippen LogP contribution >= 0.6 is 0 Å². The van der Waals surface area contributed by atoms with Crippen molar-refractivity contribution in [3.8, 4) is 0 Å². The van der Waals surface area contributed by atoms with Crippen LogP contribution in [0.25, 0.3) is 0 Å². The van der Waals surface area contributed by atoms with E-state index in [0.717, 1.165) is 26.1 Å². The number of hydrogen-bond acceptors (Lipinski definition) is 2. The maximum Gasteiger partial charge on any atom is 0.222 e. The summed E-state index contributed by atoms with van der Waals surface area (Å²) in [6.07, 6.45) is 2.73. The Bertz CT molecular complexity index is 460. The van der Waals surface area contributed by atoms with Crippen molar-refractivity contribution < 1.29 is 4.79 Å². The number of likely N-dealkylation sites (tertiary alicyclic amines) is 1. The third-order valence-electron chi connectivity index (χ3n) is 4.43. The predicted octanol–water partition coefficient (Wildman–Crippen LogP) is 1.75. The molecule has 3 rings (SSSR count). The average molecular weight is 258 g/mol. The van der Waals surface area contributed by atoms with Crippen molar-refractivity contribution in [2.45, 2.75) is 32.2 Å². The minimum atomic E-state index is 0.317. The molecule has 2 aliphatic heterocycles. The standard InChI is InChI=1S/C16H22N2O/c1-12-3-2-4-13(9-12)5-6-16(19)18-10-14-7-8-17-15(14)11-18/h2-4,9,14-15,17H,5-8,10-11H2,1H3/t14-,15+/m0/s1. The Labute approximate surface area is 115 Å². The van der Waals surface area contributed by atoms with Gasteiger partial charge in [-0.25, -0.2) is 0 Å². The summed E-state index contributed by atoms with van der Waals surface area (Å²) in [5.41, 5.74) is 2.54. The van der Waals surface area contributed by atoms with Gasteiger partial charge >= 0.3 is 0 Å². The molecule has 0 radical (unpaired) electrons. The predicted molar refractivity (Wildman–Crippen MR) is 76.0 cm³/mol. The molecule has 3 nitrogen and oxygen atoms in total. The highest BCUT2D eigenvalue weighted by Gasteiger charge is 2.37. The number of fused-ring (bicyclic) bond motifs is 1. The van der Waals surface area contributed by atoms with Gasteiger partial charge in [0.15, 0.2) is 0 Å². The van der Waals surface area contributed by atoms with Crippen molar-refractivity contribution in [2.75, 3.05) is 19.6 Å². The SMILES string of the molecule is Cc1cccc(CCC(=O)N2C[C@@H]3CCN[C@@H]3C2)c1. The first kappa shape index (κ1) is 12.7. The summed E-state index contributed by atoms with van der Waals surface area (Å²) in [5, 5.41) is 3.49. The van der Waals surface area contributed by atoms with E-state index in [1.165, 1.54) is 17.5 Å². The third-order valence-corrected chi connectivity index (χ3v) is 4.43. The molecule has 3 heteroatoms. The van der Waals surface area contributed by atoms with Crippen LogP contribution in [-0.2, 0) is 11.2 Å². The summed E-state index contributed by atoms with van der Waals surface area (Å²) in [6, 6.07) is 9.01. The van der Waals surface area contributed by atoms with Crippen molar-refractivity contribution >= 4 is 5.91 Å². The molecule has 2 aliphatic rings. The van der Waals surface area contributed by atoms with Crippen LogP contribution in [0, 0.1) is 12.8 Å². The Kier molecular flexibility index (Phi) is 3.56. The van der Waals surface area contributed by atoms with Crippen molar-refractivity contribution in [1.29, 1.82) is 0 Å². The topological polar surface area (TPSA) is 32.3 Å². The summed E-state index contributed by atoms with van der Waals surface area (Å²) < 4.78 is 0. The number of benzene rings is 1. The first-order valence-electron chi connectivity index (χ1n) is 7.29. The molecule has 2 atom stereocenters. The molecule has 0 unspecified atom stereocenters. The summed E-state index contributed by atoms with van der Waals surface area (Å²) in [4.78, 5) is 14.3. The quantitative estimate of drug-likeness (QED) is 0.896. The van der Waals surface area contributed by atoms with E-state index in [4.69, 9.17) is 0 Å². The zero-order valence-electron chi connectivity index (χ0n) is 11.6. The van der Waals surface area contributed by atoms with Gasteiger partial charge in [0.1, 0.15) is 0 Å². The monoisotopic (exact) mass is 258 g/mol. The van der Waals surface area contributed by atoms with Crippen LogP contribution in [0.4, 0.5) is 0 Å². The van der Waals surface area contributed by atoms with Gasteiger partial charge in [-0.1, -0.05) is 29.8 Å². The normalized spacial score (nSPS) is 25.6. The van der Waals surface area contributed by atoms with Gasteiger partial charge in [0.25, 0.3) is 0 Å². The fourth-order valence-corrected chi connectivity index (χ4v) is 3.33. The minimum Gasteiger partial charge on any atom is -0.341 e. The lowest BCUT2D eigenvalue weighted by Gasteiger charge is -2.17. The van der Waals surface area contributed by atoms with Crippen LogP contribution in [0.2, 0.25) is 0 Å². The van der Waals surface area contributed by atoms with Crippen molar-refractivity contribution in [2.24, 2.45) is 5.92 Å². The Hall–Kier alpha value is -1.35. The number of amides is 1. The lowest BCUT2D eigenvalue weighted by Crippen LogP contribution is -2.34. The molecule has 1 aromatic carbocycles. The van der Waals surface area contributed by atoms with E-state index < -0.39 is 0 Å². The zero-order chi connectivity index (χ0) is 13.2. The van der Waals surface area contributed by atoms with E-state index in [1.54, 1.807) is 0 Å². The molecule has 0 bridgehead atoms. The van der Waals surface area contributed by atoms with Gasteiger partial charge in [0.2, 0.25) is 5.91 Å². The molecule has 102 valence electrons. The summed E-state index contributed by atoms with van der Waals surface area (Å²) in [7, 11) is 0. The number of nitrogens with one attached hydrogen (secondary N) is 1. The molecule has 1 aromatic rings. The molecule has 2 heterocycles. The van der Waals surface area contributed by atoms with Gasteiger partial charge in [0.05, 0.1) is 0 Å². The Morgan fingerprint density at radius 3 is 3.11 bits per heavy atom. The van der Waals surface area contributed by atoms with Crippen LogP contribution in [0.3, 0.4) is 0 Å². The highest BCUT2D eigenvalue weighted by Crippen LogP contribution is 2.25. The van der Waals surface area contributed by atoms with Crippen LogP contribution in [0.5, 0.6) is 0 Å². The summed E-state index contributed by atoms with van der Waals surface area (Å²) >= 11 is 0. The number of nitrogens with zero attached hydrogens (tertiary/aromatic N) is 1. The Balaban J connectivity index is 1.52. The fourth-order valence-electron chi connectivity index (χ4n) is 3.33. The van der Waals surface area contributed by atoms with Crippen LogP contribution in [-0.4, -0.2) is 36.5 Å². The third kappa shape index (κ3) is 2.81. The van der Waals surface area contributed by atoms with Gasteiger partial charge in [-0.2, -0.15) is 0 Å². The second-order valence-electron chi connectivity index (χ2n) is 5.90. The van der Waals surface area contributed by atoms with E-state index in [2.05, 4.69) is 41.4 Å². The van der Waals surface area contributed by atoms with E-state index in [1.807, 2.05) is 0 Å². The van der Waals surface area contributed by atoms with E-state index in [9.17, 15) is 4.79 Å². The molecule has 1 amide bonds. The number of hydrogen-bond donors (Lipinski definition) is 1. The molecule has 19 heavy (non-hydrogen) atoms. The Morgan fingerprint density at radius 1 is 1.42 bits per heavy atom. The van der Waals surface area contributed by atoms with Crippen molar-refractivity contribution in [1.82, 2.24) is 10.2 Å². The first-order chi connectivity index (χ1) is 9.22. The second kappa shape index (κ2) is 5.33. The van der Waals surface area contributed by atoms with Gasteiger partial charge in [-0.3, -0.25) is 4.79 Å². The molecule has 1 N–H and O–H groups in total. The van der Waals surface area contributed by atoms with Gasteiger partial charge in [-0.15, -0.1) is 0 Å². The molecule has 2 fully saturated rings. The van der Waals surface area contributed by atoms with Crippen molar-refractivity contribution in [3.05, 3.63) is 35.4 Å². The minimum absolute atomic E-state index is 0.317. The van der Waals surface area contributed by atoms with Gasteiger partial charge < -0.3 is 10.2 Å². The lowest BCUT2D eigenvalue weighted by atomic mass is 10.1. The lowest BCUT2D eigenvalue weighted by molar-refractivity contribution is -0.130. The molecule has 2 saturated heterocycles. The zero-order valence-corrected chi connectivity index (χ0v) is 11.6. The smallest absolute Gasteiger partial charge is 0.222 e.